The highest BCUT2D eigenvalue weighted by atomic mass is 79.9. The van der Waals surface area contributed by atoms with Gasteiger partial charge in [0, 0.05) is 9.30 Å². The number of ether oxygens (including phenoxy) is 2. The molecule has 0 bridgehead atoms. The lowest BCUT2D eigenvalue weighted by Gasteiger charge is -2.21. The number of halogens is 2. The lowest BCUT2D eigenvalue weighted by Crippen LogP contribution is -2.06. The molecule has 4 heteroatoms. The van der Waals surface area contributed by atoms with Gasteiger partial charge in [-0.15, -0.1) is 0 Å². The molecule has 1 unspecified atom stereocenters. The zero-order valence-electron chi connectivity index (χ0n) is 12.1. The first-order valence-corrected chi connectivity index (χ1v) is 9.11. The van der Waals surface area contributed by atoms with E-state index in [1.54, 1.807) is 0 Å². The van der Waals surface area contributed by atoms with E-state index in [9.17, 15) is 0 Å². The van der Waals surface area contributed by atoms with Crippen LogP contribution in [0.1, 0.15) is 49.9 Å². The molecule has 0 N–H and O–H groups in total. The van der Waals surface area contributed by atoms with Crippen molar-refractivity contribution in [2.24, 2.45) is 5.92 Å². The molecule has 1 aliphatic rings. The van der Waals surface area contributed by atoms with Crippen molar-refractivity contribution in [3.8, 4) is 11.5 Å². The van der Waals surface area contributed by atoms with Crippen LogP contribution < -0.4 is 9.47 Å². The summed E-state index contributed by atoms with van der Waals surface area (Å²) in [6.07, 6.45) is 5.30. The van der Waals surface area contributed by atoms with Crippen LogP contribution in [0, 0.1) is 5.92 Å². The Kier molecular flexibility index (Phi) is 6.21. The van der Waals surface area contributed by atoms with Crippen molar-refractivity contribution in [3.63, 3.8) is 0 Å². The third-order valence-electron chi connectivity index (χ3n) is 3.77. The lowest BCUT2D eigenvalue weighted by molar-refractivity contribution is 0.287. The van der Waals surface area contributed by atoms with Crippen LogP contribution in [-0.4, -0.2) is 13.2 Å². The molecular weight excluding hydrogens is 384 g/mol. The Morgan fingerprint density at radius 1 is 1.10 bits per heavy atom. The monoisotopic (exact) mass is 404 g/mol. The highest BCUT2D eigenvalue weighted by Gasteiger charge is 2.26. The summed E-state index contributed by atoms with van der Waals surface area (Å²) < 4.78 is 12.5. The third kappa shape index (κ3) is 3.70. The van der Waals surface area contributed by atoms with Crippen LogP contribution in [0.4, 0.5) is 0 Å². The molecule has 0 heterocycles. The Morgan fingerprint density at radius 2 is 1.65 bits per heavy atom. The van der Waals surface area contributed by atoms with E-state index in [4.69, 9.17) is 9.47 Å². The molecule has 1 saturated carbocycles. The predicted molar refractivity (Wildman–Crippen MR) is 90.1 cm³/mol. The first-order chi connectivity index (χ1) is 9.67. The van der Waals surface area contributed by atoms with Gasteiger partial charge in [0.2, 0.25) is 0 Å². The van der Waals surface area contributed by atoms with Gasteiger partial charge in [-0.2, -0.15) is 0 Å². The van der Waals surface area contributed by atoms with Crippen molar-refractivity contribution in [2.45, 2.75) is 44.4 Å². The van der Waals surface area contributed by atoms with Crippen molar-refractivity contribution in [3.05, 3.63) is 22.2 Å². The smallest absolute Gasteiger partial charge is 0.162 e. The van der Waals surface area contributed by atoms with E-state index in [0.717, 1.165) is 21.9 Å². The molecule has 1 aliphatic carbocycles. The van der Waals surface area contributed by atoms with Gasteiger partial charge in [-0.1, -0.05) is 44.7 Å². The van der Waals surface area contributed by atoms with E-state index in [-0.39, 0.29) is 0 Å². The molecule has 1 aromatic carbocycles. The molecule has 0 saturated heterocycles. The summed E-state index contributed by atoms with van der Waals surface area (Å²) in [4.78, 5) is 0.384. The van der Waals surface area contributed by atoms with Crippen LogP contribution in [0.5, 0.6) is 11.5 Å². The second-order valence-electron chi connectivity index (χ2n) is 5.13. The molecule has 1 atom stereocenters. The molecule has 0 aromatic heterocycles. The van der Waals surface area contributed by atoms with Crippen LogP contribution in [0.25, 0.3) is 0 Å². The minimum atomic E-state index is 0.384. The van der Waals surface area contributed by atoms with Crippen LogP contribution in [0.3, 0.4) is 0 Å². The van der Waals surface area contributed by atoms with Crippen molar-refractivity contribution >= 4 is 31.9 Å². The van der Waals surface area contributed by atoms with Gasteiger partial charge in [0.1, 0.15) is 0 Å². The molecule has 2 rings (SSSR count). The van der Waals surface area contributed by atoms with E-state index in [2.05, 4.69) is 37.9 Å². The summed E-state index contributed by atoms with van der Waals surface area (Å²) in [5.74, 6) is 2.38. The molecular formula is C16H22Br2O2. The Hall–Kier alpha value is -0.220. The van der Waals surface area contributed by atoms with Gasteiger partial charge in [0.25, 0.3) is 0 Å². The summed E-state index contributed by atoms with van der Waals surface area (Å²) in [5.41, 5.74) is 1.27. The molecule has 1 aromatic rings. The average molecular weight is 406 g/mol. The summed E-state index contributed by atoms with van der Waals surface area (Å²) in [7, 11) is 0. The van der Waals surface area contributed by atoms with Crippen LogP contribution in [0.2, 0.25) is 0 Å². The third-order valence-corrected chi connectivity index (χ3v) is 5.70. The van der Waals surface area contributed by atoms with Gasteiger partial charge in [-0.3, -0.25) is 0 Å². The summed E-state index contributed by atoms with van der Waals surface area (Å²) >= 11 is 7.57. The topological polar surface area (TPSA) is 18.5 Å². The SMILES string of the molecule is CCOc1cc(Br)c(C(Br)C2CCCC2)cc1OCC. The van der Waals surface area contributed by atoms with Crippen LogP contribution in [-0.2, 0) is 0 Å². The molecule has 0 aliphatic heterocycles. The van der Waals surface area contributed by atoms with Crippen molar-refractivity contribution in [1.29, 1.82) is 0 Å². The maximum Gasteiger partial charge on any atom is 0.162 e. The summed E-state index contributed by atoms with van der Waals surface area (Å²) in [6.45, 7) is 5.28. The fourth-order valence-corrected chi connectivity index (χ4v) is 4.59. The van der Waals surface area contributed by atoms with E-state index in [0.29, 0.717) is 18.0 Å². The quantitative estimate of drug-likeness (QED) is 0.550. The molecule has 20 heavy (non-hydrogen) atoms. The second-order valence-corrected chi connectivity index (χ2v) is 6.97. The number of hydrogen-bond acceptors (Lipinski definition) is 2. The van der Waals surface area contributed by atoms with Gasteiger partial charge >= 0.3 is 0 Å². The number of alkyl halides is 1. The Labute approximate surface area is 138 Å². The first kappa shape index (κ1) is 16.2. The predicted octanol–water partition coefficient (Wildman–Crippen LogP) is 5.87. The number of benzene rings is 1. The van der Waals surface area contributed by atoms with E-state index in [1.165, 1.54) is 31.2 Å². The maximum atomic E-state index is 5.73. The first-order valence-electron chi connectivity index (χ1n) is 7.40. The standard InChI is InChI=1S/C16H22Br2O2/c1-3-19-14-9-12(13(17)10-15(14)20-4-2)16(18)11-7-5-6-8-11/h9-11,16H,3-8H2,1-2H3. The molecule has 0 spiro atoms. The Bertz CT molecular complexity index is 442. The van der Waals surface area contributed by atoms with Crippen molar-refractivity contribution in [1.82, 2.24) is 0 Å². The maximum absolute atomic E-state index is 5.73. The van der Waals surface area contributed by atoms with E-state index < -0.39 is 0 Å². The lowest BCUT2D eigenvalue weighted by atomic mass is 9.97. The average Bonchev–Trinajstić information content (AvgIpc) is 2.95. The summed E-state index contributed by atoms with van der Waals surface area (Å²) in [5, 5.41) is 0. The highest BCUT2D eigenvalue weighted by Crippen LogP contribution is 2.46. The van der Waals surface area contributed by atoms with Gasteiger partial charge in [0.15, 0.2) is 11.5 Å². The van der Waals surface area contributed by atoms with E-state index >= 15 is 0 Å². The largest absolute Gasteiger partial charge is 0.490 e. The van der Waals surface area contributed by atoms with E-state index in [1.807, 2.05) is 19.9 Å². The Morgan fingerprint density at radius 3 is 2.20 bits per heavy atom. The molecule has 1 fully saturated rings. The molecule has 0 radical (unpaired) electrons. The minimum absolute atomic E-state index is 0.384. The van der Waals surface area contributed by atoms with Crippen LogP contribution in [0.15, 0.2) is 16.6 Å². The Balaban J connectivity index is 2.29. The van der Waals surface area contributed by atoms with Crippen molar-refractivity contribution < 1.29 is 9.47 Å². The van der Waals surface area contributed by atoms with Gasteiger partial charge in [-0.25, -0.2) is 0 Å². The highest BCUT2D eigenvalue weighted by molar-refractivity contribution is 9.11. The number of rotatable bonds is 6. The zero-order valence-corrected chi connectivity index (χ0v) is 15.3. The fraction of sp³-hybridized carbons (Fsp3) is 0.625. The number of hydrogen-bond donors (Lipinski definition) is 0. The van der Waals surface area contributed by atoms with Gasteiger partial charge in [0.05, 0.1) is 13.2 Å². The summed E-state index contributed by atoms with van der Waals surface area (Å²) in [6, 6.07) is 4.16. The normalized spacial score (nSPS) is 17.2. The molecule has 0 amide bonds. The molecule has 2 nitrogen and oxygen atoms in total. The zero-order chi connectivity index (χ0) is 14.5. The second kappa shape index (κ2) is 7.69. The van der Waals surface area contributed by atoms with Crippen molar-refractivity contribution in [2.75, 3.05) is 13.2 Å². The molecule has 112 valence electrons. The van der Waals surface area contributed by atoms with Gasteiger partial charge < -0.3 is 9.47 Å². The van der Waals surface area contributed by atoms with Crippen LogP contribution >= 0.6 is 31.9 Å². The van der Waals surface area contributed by atoms with Gasteiger partial charge in [-0.05, 0) is 50.3 Å². The fourth-order valence-electron chi connectivity index (χ4n) is 2.80. The minimum Gasteiger partial charge on any atom is -0.490 e.